The van der Waals surface area contributed by atoms with Crippen molar-refractivity contribution in [3.05, 3.63) is 29.3 Å². The number of carbonyl (C=O) groups is 1. The van der Waals surface area contributed by atoms with E-state index >= 15 is 0 Å². The van der Waals surface area contributed by atoms with Gasteiger partial charge < -0.3 is 5.11 Å². The maximum atomic E-state index is 12.6. The van der Waals surface area contributed by atoms with Gasteiger partial charge in [-0.15, -0.1) is 0 Å². The molecule has 112 valence electrons. The zero-order valence-electron chi connectivity index (χ0n) is 11.6. The van der Waals surface area contributed by atoms with Crippen LogP contribution in [0.1, 0.15) is 24.0 Å². The molecule has 0 spiro atoms. The van der Waals surface area contributed by atoms with Crippen LogP contribution in [-0.4, -0.2) is 36.9 Å². The van der Waals surface area contributed by atoms with E-state index in [0.717, 1.165) is 0 Å². The molecule has 1 fully saturated rings. The lowest BCUT2D eigenvalue weighted by atomic mass is 10.0. The maximum Gasteiger partial charge on any atom is 0.307 e. The van der Waals surface area contributed by atoms with E-state index in [2.05, 4.69) is 0 Å². The molecular formula is C14H16N2O4S. The third-order valence-electron chi connectivity index (χ3n) is 3.66. The summed E-state index contributed by atoms with van der Waals surface area (Å²) in [6.07, 6.45) is 1.03. The van der Waals surface area contributed by atoms with Crippen molar-refractivity contribution in [3.63, 3.8) is 0 Å². The fourth-order valence-electron chi connectivity index (χ4n) is 2.51. The lowest BCUT2D eigenvalue weighted by molar-refractivity contribution is -0.142. The van der Waals surface area contributed by atoms with Crippen LogP contribution in [-0.2, 0) is 14.8 Å². The van der Waals surface area contributed by atoms with Crippen molar-refractivity contribution in [1.82, 2.24) is 4.31 Å². The lowest BCUT2D eigenvalue weighted by Crippen LogP contribution is -2.42. The molecule has 0 amide bonds. The number of hydrogen-bond donors (Lipinski definition) is 1. The Kier molecular flexibility index (Phi) is 4.30. The molecule has 1 heterocycles. The van der Waals surface area contributed by atoms with E-state index in [1.54, 1.807) is 6.92 Å². The summed E-state index contributed by atoms with van der Waals surface area (Å²) in [5.74, 6) is -1.63. The quantitative estimate of drug-likeness (QED) is 0.908. The number of hydrogen-bond acceptors (Lipinski definition) is 4. The molecule has 21 heavy (non-hydrogen) atoms. The van der Waals surface area contributed by atoms with Gasteiger partial charge >= 0.3 is 5.97 Å². The van der Waals surface area contributed by atoms with E-state index < -0.39 is 21.9 Å². The van der Waals surface area contributed by atoms with E-state index in [4.69, 9.17) is 10.4 Å². The molecule has 2 rings (SSSR count). The number of nitriles is 1. The van der Waals surface area contributed by atoms with Crippen LogP contribution in [0.25, 0.3) is 0 Å². The Balaban J connectivity index is 2.34. The van der Waals surface area contributed by atoms with Crippen molar-refractivity contribution >= 4 is 16.0 Å². The lowest BCUT2D eigenvalue weighted by Gasteiger charge is -2.30. The molecule has 1 atom stereocenters. The van der Waals surface area contributed by atoms with Gasteiger partial charge in [-0.25, -0.2) is 8.42 Å². The Hall–Kier alpha value is -1.91. The number of carboxylic acids is 1. The molecule has 0 unspecified atom stereocenters. The molecule has 1 aromatic rings. The number of aliphatic carboxylic acids is 1. The van der Waals surface area contributed by atoms with Gasteiger partial charge in [0.1, 0.15) is 0 Å². The molecule has 1 N–H and O–H groups in total. The fraction of sp³-hybridized carbons (Fsp3) is 0.429. The van der Waals surface area contributed by atoms with Crippen molar-refractivity contribution in [3.8, 4) is 6.07 Å². The minimum absolute atomic E-state index is 0.00287. The second-order valence-electron chi connectivity index (χ2n) is 5.13. The number of piperidine rings is 1. The zero-order chi connectivity index (χ0) is 15.6. The van der Waals surface area contributed by atoms with Crippen molar-refractivity contribution in [2.24, 2.45) is 5.92 Å². The third-order valence-corrected chi connectivity index (χ3v) is 5.68. The zero-order valence-corrected chi connectivity index (χ0v) is 12.4. The average molecular weight is 308 g/mol. The molecule has 0 bridgehead atoms. The summed E-state index contributed by atoms with van der Waals surface area (Å²) in [6.45, 7) is 1.95. The Labute approximate surface area is 123 Å². The van der Waals surface area contributed by atoms with Crippen LogP contribution in [0.15, 0.2) is 23.1 Å². The van der Waals surface area contributed by atoms with Crippen molar-refractivity contribution in [1.29, 1.82) is 5.26 Å². The van der Waals surface area contributed by atoms with Gasteiger partial charge in [0.15, 0.2) is 0 Å². The molecule has 0 radical (unpaired) electrons. The average Bonchev–Trinajstić information content (AvgIpc) is 2.46. The smallest absolute Gasteiger partial charge is 0.307 e. The fourth-order valence-corrected chi connectivity index (χ4v) is 4.24. The first kappa shape index (κ1) is 15.5. The largest absolute Gasteiger partial charge is 0.481 e. The second-order valence-corrected chi connectivity index (χ2v) is 7.04. The van der Waals surface area contributed by atoms with E-state index in [1.165, 1.54) is 22.5 Å². The van der Waals surface area contributed by atoms with E-state index in [0.29, 0.717) is 30.5 Å². The molecule has 7 heteroatoms. The van der Waals surface area contributed by atoms with Crippen LogP contribution in [0.5, 0.6) is 0 Å². The highest BCUT2D eigenvalue weighted by atomic mass is 32.2. The molecule has 1 aliphatic rings. The normalized spacial score (nSPS) is 19.9. The van der Waals surface area contributed by atoms with Crippen LogP contribution in [0.2, 0.25) is 0 Å². The second kappa shape index (κ2) is 5.84. The molecule has 1 aliphatic heterocycles. The Morgan fingerprint density at radius 3 is 2.76 bits per heavy atom. The third kappa shape index (κ3) is 3.06. The van der Waals surface area contributed by atoms with Crippen molar-refractivity contribution < 1.29 is 18.3 Å². The van der Waals surface area contributed by atoms with Crippen LogP contribution in [0, 0.1) is 24.2 Å². The Morgan fingerprint density at radius 2 is 2.19 bits per heavy atom. The number of benzene rings is 1. The summed E-state index contributed by atoms with van der Waals surface area (Å²) < 4.78 is 26.5. The van der Waals surface area contributed by atoms with Crippen LogP contribution in [0.4, 0.5) is 0 Å². The number of carboxylic acid groups (broad SMARTS) is 1. The van der Waals surface area contributed by atoms with Crippen LogP contribution >= 0.6 is 0 Å². The highest BCUT2D eigenvalue weighted by molar-refractivity contribution is 7.89. The monoisotopic (exact) mass is 308 g/mol. The topological polar surface area (TPSA) is 98.5 Å². The first-order valence-electron chi connectivity index (χ1n) is 6.60. The predicted molar refractivity (Wildman–Crippen MR) is 75.0 cm³/mol. The molecule has 1 saturated heterocycles. The minimum atomic E-state index is -3.72. The maximum absolute atomic E-state index is 12.6. The summed E-state index contributed by atoms with van der Waals surface area (Å²) in [5, 5.41) is 17.9. The summed E-state index contributed by atoms with van der Waals surface area (Å²) in [4.78, 5) is 11.2. The number of rotatable bonds is 3. The van der Waals surface area contributed by atoms with Gasteiger partial charge in [-0.3, -0.25) is 4.79 Å². The van der Waals surface area contributed by atoms with Gasteiger partial charge in [0, 0.05) is 13.1 Å². The Morgan fingerprint density at radius 1 is 1.48 bits per heavy atom. The first-order valence-corrected chi connectivity index (χ1v) is 8.04. The van der Waals surface area contributed by atoms with Gasteiger partial charge in [0.05, 0.1) is 22.4 Å². The first-order chi connectivity index (χ1) is 9.86. The standard InChI is InChI=1S/C14H16N2O4S/c1-10-7-11(8-15)4-5-13(10)21(19,20)16-6-2-3-12(9-16)14(17)18/h4-5,7,12H,2-3,6,9H2,1H3,(H,17,18)/t12-/m0/s1. The highest BCUT2D eigenvalue weighted by Crippen LogP contribution is 2.26. The SMILES string of the molecule is Cc1cc(C#N)ccc1S(=O)(=O)N1CCC[C@H](C(=O)O)C1. The number of nitrogens with zero attached hydrogens (tertiary/aromatic N) is 2. The van der Waals surface area contributed by atoms with Gasteiger partial charge in [-0.2, -0.15) is 9.57 Å². The highest BCUT2D eigenvalue weighted by Gasteiger charge is 2.33. The molecule has 1 aromatic carbocycles. The molecule has 0 saturated carbocycles. The molecular weight excluding hydrogens is 292 g/mol. The molecule has 6 nitrogen and oxygen atoms in total. The number of aryl methyl sites for hydroxylation is 1. The van der Waals surface area contributed by atoms with E-state index in [-0.39, 0.29) is 11.4 Å². The minimum Gasteiger partial charge on any atom is -0.481 e. The number of sulfonamides is 1. The molecule has 0 aliphatic carbocycles. The van der Waals surface area contributed by atoms with Gasteiger partial charge in [-0.1, -0.05) is 0 Å². The van der Waals surface area contributed by atoms with Crippen molar-refractivity contribution in [2.75, 3.05) is 13.1 Å². The van der Waals surface area contributed by atoms with E-state index in [9.17, 15) is 13.2 Å². The summed E-state index contributed by atoms with van der Waals surface area (Å²) in [5.41, 5.74) is 0.889. The summed E-state index contributed by atoms with van der Waals surface area (Å²) >= 11 is 0. The summed E-state index contributed by atoms with van der Waals surface area (Å²) in [7, 11) is -3.72. The van der Waals surface area contributed by atoms with Gasteiger partial charge in [-0.05, 0) is 43.5 Å². The van der Waals surface area contributed by atoms with Gasteiger partial charge in [0.2, 0.25) is 10.0 Å². The van der Waals surface area contributed by atoms with Crippen LogP contribution < -0.4 is 0 Å². The Bertz CT molecular complexity index is 706. The predicted octanol–water partition coefficient (Wildman–Crippen LogP) is 1.35. The van der Waals surface area contributed by atoms with Gasteiger partial charge in [0.25, 0.3) is 0 Å². The van der Waals surface area contributed by atoms with Crippen molar-refractivity contribution in [2.45, 2.75) is 24.7 Å². The summed E-state index contributed by atoms with van der Waals surface area (Å²) in [6, 6.07) is 6.35. The van der Waals surface area contributed by atoms with Crippen LogP contribution in [0.3, 0.4) is 0 Å². The van der Waals surface area contributed by atoms with E-state index in [1.807, 2.05) is 6.07 Å². The molecule has 0 aromatic heterocycles.